The lowest BCUT2D eigenvalue weighted by Gasteiger charge is -2.58. The molecular formula is C33H29NO4S. The number of likely N-dealkylation sites (tertiary alicyclic amines) is 1. The van der Waals surface area contributed by atoms with E-state index in [1.165, 1.54) is 20.5 Å². The Balaban J connectivity index is 1.35. The van der Waals surface area contributed by atoms with Crippen LogP contribution in [-0.4, -0.2) is 42.1 Å². The molecule has 39 heavy (non-hydrogen) atoms. The number of carbonyl (C=O) groups excluding carboxylic acids is 1. The van der Waals surface area contributed by atoms with Gasteiger partial charge in [-0.3, -0.25) is 9.59 Å². The van der Waals surface area contributed by atoms with Crippen molar-refractivity contribution in [1.82, 2.24) is 4.90 Å². The van der Waals surface area contributed by atoms with Gasteiger partial charge in [0.1, 0.15) is 5.75 Å². The van der Waals surface area contributed by atoms with Gasteiger partial charge in [-0.1, -0.05) is 60.7 Å². The quantitative estimate of drug-likeness (QED) is 0.303. The fourth-order valence-corrected chi connectivity index (χ4v) is 9.17. The molecule has 3 aliphatic carbocycles. The predicted octanol–water partition coefficient (Wildman–Crippen LogP) is 6.33. The molecule has 2 fully saturated rings. The summed E-state index contributed by atoms with van der Waals surface area (Å²) >= 11 is 1.77. The van der Waals surface area contributed by atoms with E-state index in [1.54, 1.807) is 35.5 Å². The monoisotopic (exact) mass is 535 g/mol. The topological polar surface area (TPSA) is 66.8 Å². The number of ether oxygens (including phenoxy) is 1. The summed E-state index contributed by atoms with van der Waals surface area (Å²) in [6, 6.07) is 26.6. The van der Waals surface area contributed by atoms with Crippen LogP contribution < -0.4 is 4.74 Å². The highest BCUT2D eigenvalue weighted by Gasteiger charge is 2.71. The Labute approximate surface area is 231 Å². The van der Waals surface area contributed by atoms with Crippen LogP contribution in [0.4, 0.5) is 0 Å². The number of nitrogens with zero attached hydrogens (tertiary/aromatic N) is 1. The lowest BCUT2D eigenvalue weighted by molar-refractivity contribution is -0.157. The zero-order valence-corrected chi connectivity index (χ0v) is 22.5. The highest BCUT2D eigenvalue weighted by atomic mass is 32.1. The number of hydrogen-bond donors (Lipinski definition) is 1. The van der Waals surface area contributed by atoms with Crippen molar-refractivity contribution in [1.29, 1.82) is 0 Å². The molecule has 2 heterocycles. The molecule has 1 aliphatic heterocycles. The molecule has 1 saturated carbocycles. The molecule has 0 radical (unpaired) electrons. The van der Waals surface area contributed by atoms with Gasteiger partial charge in [-0.25, -0.2) is 0 Å². The fraction of sp³-hybridized carbons (Fsp3) is 0.273. The number of thiophene rings is 1. The first-order chi connectivity index (χ1) is 19.0. The molecule has 4 aliphatic rings. The maximum atomic E-state index is 13.6. The first-order valence-electron chi connectivity index (χ1n) is 13.4. The van der Waals surface area contributed by atoms with Crippen molar-refractivity contribution in [2.45, 2.75) is 24.2 Å². The zero-order chi connectivity index (χ0) is 26.8. The molecule has 1 N–H and O–H groups in total. The van der Waals surface area contributed by atoms with Crippen LogP contribution in [0.25, 0.3) is 16.2 Å². The van der Waals surface area contributed by atoms with E-state index < -0.39 is 16.8 Å². The molecule has 196 valence electrons. The molecule has 5 nitrogen and oxygen atoms in total. The molecule has 0 spiro atoms. The van der Waals surface area contributed by atoms with E-state index >= 15 is 0 Å². The number of rotatable bonds is 5. The lowest BCUT2D eigenvalue weighted by Crippen LogP contribution is -2.60. The Kier molecular flexibility index (Phi) is 5.46. The van der Waals surface area contributed by atoms with Crippen LogP contribution in [0.3, 0.4) is 0 Å². The summed E-state index contributed by atoms with van der Waals surface area (Å²) in [6.07, 6.45) is 5.01. The van der Waals surface area contributed by atoms with Crippen LogP contribution in [0.1, 0.15) is 40.3 Å². The van der Waals surface area contributed by atoms with E-state index in [2.05, 4.69) is 42.5 Å². The number of methoxy groups -OCH3 is 1. The van der Waals surface area contributed by atoms with Gasteiger partial charge in [0.05, 0.1) is 12.5 Å². The van der Waals surface area contributed by atoms with Gasteiger partial charge in [0.25, 0.3) is 0 Å². The van der Waals surface area contributed by atoms with Crippen LogP contribution >= 0.6 is 11.3 Å². The van der Waals surface area contributed by atoms with E-state index in [4.69, 9.17) is 4.74 Å². The summed E-state index contributed by atoms with van der Waals surface area (Å²) in [4.78, 5) is 30.0. The number of benzene rings is 3. The Hall–Kier alpha value is -3.90. The number of aliphatic carboxylic acids is 1. The SMILES string of the molecule is COc1ccccc1/C=C/C(=O)N1C[C@H]2[C@]3(c4cc5ccccc5s4)CC[C@@H](c4ccccc43)[C@@]2(C(=O)O)C1. The Bertz CT molecular complexity index is 1620. The average Bonchev–Trinajstić information content (AvgIpc) is 3.61. The minimum absolute atomic E-state index is 0.122. The van der Waals surface area contributed by atoms with E-state index in [9.17, 15) is 14.7 Å². The molecule has 1 aromatic heterocycles. The molecule has 8 rings (SSSR count). The molecule has 4 atom stereocenters. The zero-order valence-electron chi connectivity index (χ0n) is 21.7. The van der Waals surface area contributed by atoms with Crippen molar-refractivity contribution in [3.63, 3.8) is 0 Å². The molecule has 3 aromatic carbocycles. The molecule has 2 bridgehead atoms. The van der Waals surface area contributed by atoms with Crippen molar-refractivity contribution < 1.29 is 19.4 Å². The molecule has 1 amide bonds. The fourth-order valence-electron chi connectivity index (χ4n) is 7.82. The van der Waals surface area contributed by atoms with Crippen molar-refractivity contribution in [2.24, 2.45) is 11.3 Å². The van der Waals surface area contributed by atoms with E-state index in [1.807, 2.05) is 36.4 Å². The van der Waals surface area contributed by atoms with Crippen molar-refractivity contribution in [3.8, 4) is 5.75 Å². The first-order valence-corrected chi connectivity index (χ1v) is 14.2. The summed E-state index contributed by atoms with van der Waals surface area (Å²) in [5.41, 5.74) is 1.71. The standard InChI is InChI=1S/C33H29NO4S/c1-38-26-12-6-2-8-21(26)14-15-30(35)34-19-28-32(29-18-22-9-3-7-13-27(22)39-29)17-16-25(33(28,20-34)31(36)37)23-10-4-5-11-24(23)32/h2-15,18,25,28H,16-17,19-20H2,1H3,(H,36,37)/b15-14+/t25-,28-,32-,33-/m0/s1. The third kappa shape index (κ3) is 3.31. The van der Waals surface area contributed by atoms with Crippen LogP contribution in [0.2, 0.25) is 0 Å². The normalized spacial score (nSPS) is 27.1. The maximum Gasteiger partial charge on any atom is 0.312 e. The average molecular weight is 536 g/mol. The molecule has 0 unspecified atom stereocenters. The van der Waals surface area contributed by atoms with Gasteiger partial charge in [0.2, 0.25) is 5.91 Å². The number of hydrogen-bond acceptors (Lipinski definition) is 4. The van der Waals surface area contributed by atoms with Gasteiger partial charge in [-0.05, 0) is 53.6 Å². The van der Waals surface area contributed by atoms with Crippen LogP contribution in [0.15, 0.2) is 84.9 Å². The maximum absolute atomic E-state index is 13.6. The highest BCUT2D eigenvalue weighted by molar-refractivity contribution is 7.19. The van der Waals surface area contributed by atoms with E-state index in [-0.39, 0.29) is 24.3 Å². The predicted molar refractivity (Wildman–Crippen MR) is 153 cm³/mol. The largest absolute Gasteiger partial charge is 0.496 e. The minimum atomic E-state index is -1.03. The van der Waals surface area contributed by atoms with Crippen molar-refractivity contribution in [2.75, 3.05) is 20.2 Å². The van der Waals surface area contributed by atoms with Crippen molar-refractivity contribution in [3.05, 3.63) is 107 Å². The first kappa shape index (κ1) is 24.2. The lowest BCUT2D eigenvalue weighted by atomic mass is 9.43. The van der Waals surface area contributed by atoms with Gasteiger partial charge >= 0.3 is 5.97 Å². The van der Waals surface area contributed by atoms with Crippen LogP contribution in [0, 0.1) is 11.3 Å². The smallest absolute Gasteiger partial charge is 0.312 e. The number of para-hydroxylation sites is 1. The Morgan fingerprint density at radius 1 is 1.05 bits per heavy atom. The number of carbonyl (C=O) groups is 2. The van der Waals surface area contributed by atoms with Gasteiger partial charge in [0.15, 0.2) is 0 Å². The minimum Gasteiger partial charge on any atom is -0.496 e. The summed E-state index contributed by atoms with van der Waals surface area (Å²) in [5, 5.41) is 12.1. The van der Waals surface area contributed by atoms with Gasteiger partial charge in [-0.2, -0.15) is 0 Å². The summed E-state index contributed by atoms with van der Waals surface area (Å²) in [5.74, 6) is -0.598. The molecular weight excluding hydrogens is 506 g/mol. The summed E-state index contributed by atoms with van der Waals surface area (Å²) in [7, 11) is 1.61. The van der Waals surface area contributed by atoms with Crippen LogP contribution in [-0.2, 0) is 15.0 Å². The Morgan fingerprint density at radius 3 is 2.64 bits per heavy atom. The van der Waals surface area contributed by atoms with Gasteiger partial charge in [0, 0.05) is 51.6 Å². The van der Waals surface area contributed by atoms with Crippen molar-refractivity contribution >= 4 is 39.4 Å². The van der Waals surface area contributed by atoms with E-state index in [0.29, 0.717) is 12.3 Å². The third-order valence-corrected chi connectivity index (χ3v) is 10.8. The third-order valence-electron chi connectivity index (χ3n) is 9.46. The highest BCUT2D eigenvalue weighted by Crippen LogP contribution is 2.69. The number of amides is 1. The second kappa shape index (κ2) is 8.82. The summed E-state index contributed by atoms with van der Waals surface area (Å²) < 4.78 is 6.64. The van der Waals surface area contributed by atoms with Gasteiger partial charge in [-0.15, -0.1) is 11.3 Å². The second-order valence-electron chi connectivity index (χ2n) is 11.0. The van der Waals surface area contributed by atoms with E-state index in [0.717, 1.165) is 24.0 Å². The number of carboxylic acids is 1. The molecule has 4 aromatic rings. The Morgan fingerprint density at radius 2 is 1.82 bits per heavy atom. The molecule has 1 saturated heterocycles. The number of fused-ring (bicyclic) bond motifs is 2. The van der Waals surface area contributed by atoms with Gasteiger partial charge < -0.3 is 14.7 Å². The second-order valence-corrected chi connectivity index (χ2v) is 12.1. The van der Waals surface area contributed by atoms with Crippen LogP contribution in [0.5, 0.6) is 5.75 Å². The number of carboxylic acid groups (broad SMARTS) is 1. The molecule has 6 heteroatoms. The summed E-state index contributed by atoms with van der Waals surface area (Å²) in [6.45, 7) is 0.633.